The lowest BCUT2D eigenvalue weighted by molar-refractivity contribution is 0.102. The van der Waals surface area contributed by atoms with Crippen LogP contribution in [0.2, 0.25) is 0 Å². The van der Waals surface area contributed by atoms with E-state index < -0.39 is 5.82 Å². The number of anilines is 1. The van der Waals surface area contributed by atoms with Gasteiger partial charge in [0.05, 0.1) is 11.4 Å². The van der Waals surface area contributed by atoms with Gasteiger partial charge in [-0.2, -0.15) is 0 Å². The molecule has 2 aromatic heterocycles. The smallest absolute Gasteiger partial charge is 0.255 e. The Labute approximate surface area is 143 Å². The molecule has 4 rings (SSSR count). The van der Waals surface area contributed by atoms with Crippen LogP contribution in [-0.4, -0.2) is 15.3 Å². The quantitative estimate of drug-likeness (QED) is 0.605. The molecule has 0 bridgehead atoms. The number of para-hydroxylation sites is 1. The number of carbonyl (C=O) groups excluding carboxylic acids is 1. The number of aromatic nitrogens is 2. The Morgan fingerprint density at radius 3 is 2.68 bits per heavy atom. The second kappa shape index (κ2) is 6.20. The van der Waals surface area contributed by atoms with Crippen LogP contribution in [0.4, 0.5) is 10.1 Å². The van der Waals surface area contributed by atoms with E-state index in [4.69, 9.17) is 0 Å². The Hall–Kier alpha value is -3.47. The van der Waals surface area contributed by atoms with Crippen molar-refractivity contribution in [1.29, 1.82) is 0 Å². The van der Waals surface area contributed by atoms with Gasteiger partial charge in [-0.25, -0.2) is 9.37 Å². The first-order valence-corrected chi connectivity index (χ1v) is 7.81. The lowest BCUT2D eigenvalue weighted by Gasteiger charge is -2.09. The van der Waals surface area contributed by atoms with Gasteiger partial charge < -0.3 is 9.72 Å². The van der Waals surface area contributed by atoms with E-state index in [2.05, 4.69) is 10.3 Å². The fraction of sp³-hybridized carbons (Fsp3) is 0. The SMILES string of the molecule is O=C(Nc1ccccc1-c1cn2ccccc2n1)c1cccc(F)c1. The third kappa shape index (κ3) is 2.99. The highest BCUT2D eigenvalue weighted by Crippen LogP contribution is 2.27. The maximum absolute atomic E-state index is 13.3. The van der Waals surface area contributed by atoms with Crippen molar-refractivity contribution in [3.8, 4) is 11.3 Å². The molecular formula is C20H14FN3O. The Morgan fingerprint density at radius 2 is 1.84 bits per heavy atom. The Bertz CT molecular complexity index is 1040. The summed E-state index contributed by atoms with van der Waals surface area (Å²) in [6.07, 6.45) is 3.82. The Balaban J connectivity index is 1.70. The molecule has 4 nitrogen and oxygen atoms in total. The summed E-state index contributed by atoms with van der Waals surface area (Å²) >= 11 is 0. The maximum Gasteiger partial charge on any atom is 0.255 e. The second-order valence-corrected chi connectivity index (χ2v) is 5.60. The minimum absolute atomic E-state index is 0.268. The molecule has 0 radical (unpaired) electrons. The highest BCUT2D eigenvalue weighted by molar-refractivity contribution is 6.06. The van der Waals surface area contributed by atoms with Gasteiger partial charge in [-0.1, -0.05) is 30.3 Å². The first kappa shape index (κ1) is 15.1. The molecule has 0 aliphatic carbocycles. The molecule has 25 heavy (non-hydrogen) atoms. The molecule has 0 saturated carbocycles. The third-order valence-electron chi connectivity index (χ3n) is 3.90. The number of pyridine rings is 1. The molecule has 1 amide bonds. The summed E-state index contributed by atoms with van der Waals surface area (Å²) in [6.45, 7) is 0. The summed E-state index contributed by atoms with van der Waals surface area (Å²) in [5, 5.41) is 2.84. The molecule has 0 saturated heterocycles. The van der Waals surface area contributed by atoms with Crippen LogP contribution in [0.25, 0.3) is 16.9 Å². The van der Waals surface area contributed by atoms with E-state index in [1.54, 1.807) is 12.1 Å². The van der Waals surface area contributed by atoms with E-state index in [1.165, 1.54) is 18.2 Å². The monoisotopic (exact) mass is 331 g/mol. The van der Waals surface area contributed by atoms with E-state index in [-0.39, 0.29) is 11.5 Å². The number of hydrogen-bond acceptors (Lipinski definition) is 2. The summed E-state index contributed by atoms with van der Waals surface area (Å²) in [4.78, 5) is 17.0. The number of nitrogens with one attached hydrogen (secondary N) is 1. The van der Waals surface area contributed by atoms with Gasteiger partial charge in [0.25, 0.3) is 5.91 Å². The Morgan fingerprint density at radius 1 is 1.00 bits per heavy atom. The van der Waals surface area contributed by atoms with Crippen molar-refractivity contribution in [3.05, 3.63) is 90.5 Å². The lowest BCUT2D eigenvalue weighted by Crippen LogP contribution is -2.12. The zero-order valence-corrected chi connectivity index (χ0v) is 13.2. The van der Waals surface area contributed by atoms with Crippen LogP contribution in [0.1, 0.15) is 10.4 Å². The van der Waals surface area contributed by atoms with E-state index in [0.717, 1.165) is 16.9 Å². The zero-order chi connectivity index (χ0) is 17.2. The lowest BCUT2D eigenvalue weighted by atomic mass is 10.1. The Kier molecular flexibility index (Phi) is 3.74. The van der Waals surface area contributed by atoms with Crippen molar-refractivity contribution in [2.45, 2.75) is 0 Å². The summed E-state index contributed by atoms with van der Waals surface area (Å²) < 4.78 is 15.3. The van der Waals surface area contributed by atoms with Crippen LogP contribution in [-0.2, 0) is 0 Å². The van der Waals surface area contributed by atoms with Crippen molar-refractivity contribution in [2.75, 3.05) is 5.32 Å². The molecule has 0 fully saturated rings. The van der Waals surface area contributed by atoms with E-state index in [1.807, 2.05) is 53.2 Å². The summed E-state index contributed by atoms with van der Waals surface area (Å²) in [5.74, 6) is -0.808. The maximum atomic E-state index is 13.3. The molecule has 0 aliphatic heterocycles. The summed E-state index contributed by atoms with van der Waals surface area (Å²) in [7, 11) is 0. The number of nitrogens with zero attached hydrogens (tertiary/aromatic N) is 2. The largest absolute Gasteiger partial charge is 0.321 e. The van der Waals surface area contributed by atoms with Crippen LogP contribution in [0.5, 0.6) is 0 Å². The van der Waals surface area contributed by atoms with Crippen LogP contribution in [0, 0.1) is 5.82 Å². The number of halogens is 1. The van der Waals surface area contributed by atoms with Crippen LogP contribution < -0.4 is 5.32 Å². The average molecular weight is 331 g/mol. The predicted octanol–water partition coefficient (Wildman–Crippen LogP) is 4.39. The van der Waals surface area contributed by atoms with E-state index in [0.29, 0.717) is 5.69 Å². The average Bonchev–Trinajstić information content (AvgIpc) is 3.06. The molecule has 0 aliphatic rings. The van der Waals surface area contributed by atoms with Gasteiger partial charge in [0, 0.05) is 23.5 Å². The molecule has 0 unspecified atom stereocenters. The summed E-state index contributed by atoms with van der Waals surface area (Å²) in [6, 6.07) is 18.8. The van der Waals surface area contributed by atoms with Crippen LogP contribution >= 0.6 is 0 Å². The van der Waals surface area contributed by atoms with E-state index >= 15 is 0 Å². The molecule has 5 heteroatoms. The van der Waals surface area contributed by atoms with Gasteiger partial charge in [0.15, 0.2) is 0 Å². The van der Waals surface area contributed by atoms with Crippen molar-refractivity contribution in [1.82, 2.24) is 9.38 Å². The fourth-order valence-electron chi connectivity index (χ4n) is 2.70. The highest BCUT2D eigenvalue weighted by Gasteiger charge is 2.12. The number of fused-ring (bicyclic) bond motifs is 1. The molecule has 2 heterocycles. The number of benzene rings is 2. The normalized spacial score (nSPS) is 10.8. The number of imidazole rings is 1. The van der Waals surface area contributed by atoms with Gasteiger partial charge in [-0.15, -0.1) is 0 Å². The van der Waals surface area contributed by atoms with Crippen LogP contribution in [0.3, 0.4) is 0 Å². The first-order chi connectivity index (χ1) is 12.2. The van der Waals surface area contributed by atoms with Gasteiger partial charge in [-0.05, 0) is 36.4 Å². The zero-order valence-electron chi connectivity index (χ0n) is 13.2. The fourth-order valence-corrected chi connectivity index (χ4v) is 2.70. The molecule has 4 aromatic rings. The number of rotatable bonds is 3. The molecule has 0 spiro atoms. The number of hydrogen-bond donors (Lipinski definition) is 1. The molecule has 1 N–H and O–H groups in total. The van der Waals surface area contributed by atoms with Crippen molar-refractivity contribution in [3.63, 3.8) is 0 Å². The number of carbonyl (C=O) groups is 1. The molecule has 2 aromatic carbocycles. The standard InChI is InChI=1S/C20H14FN3O/c21-15-7-5-6-14(12-15)20(25)23-17-9-2-1-8-16(17)18-13-24-11-4-3-10-19(24)22-18/h1-13H,(H,23,25). The third-order valence-corrected chi connectivity index (χ3v) is 3.90. The van der Waals surface area contributed by atoms with Gasteiger partial charge >= 0.3 is 0 Å². The predicted molar refractivity (Wildman–Crippen MR) is 95.0 cm³/mol. The summed E-state index contributed by atoms with van der Waals surface area (Å²) in [5.41, 5.74) is 3.27. The topological polar surface area (TPSA) is 46.4 Å². The number of amides is 1. The molecule has 0 atom stereocenters. The van der Waals surface area contributed by atoms with Crippen LogP contribution in [0.15, 0.2) is 79.1 Å². The van der Waals surface area contributed by atoms with Gasteiger partial charge in [-0.3, -0.25) is 4.79 Å². The van der Waals surface area contributed by atoms with Gasteiger partial charge in [0.2, 0.25) is 0 Å². The van der Waals surface area contributed by atoms with Crippen molar-refractivity contribution < 1.29 is 9.18 Å². The van der Waals surface area contributed by atoms with E-state index in [9.17, 15) is 9.18 Å². The highest BCUT2D eigenvalue weighted by atomic mass is 19.1. The first-order valence-electron chi connectivity index (χ1n) is 7.81. The minimum atomic E-state index is -0.443. The van der Waals surface area contributed by atoms with Crippen molar-refractivity contribution in [2.24, 2.45) is 0 Å². The molecule has 122 valence electrons. The minimum Gasteiger partial charge on any atom is -0.321 e. The van der Waals surface area contributed by atoms with Gasteiger partial charge in [0.1, 0.15) is 11.5 Å². The molecular weight excluding hydrogens is 317 g/mol. The second-order valence-electron chi connectivity index (χ2n) is 5.60. The van der Waals surface area contributed by atoms with Crippen molar-refractivity contribution >= 4 is 17.2 Å².